The zero-order chi connectivity index (χ0) is 41.7. The molecule has 4 fully saturated rings. The van der Waals surface area contributed by atoms with Crippen LogP contribution in [0.5, 0.6) is 0 Å². The van der Waals surface area contributed by atoms with Crippen molar-refractivity contribution in [3.05, 3.63) is 40.4 Å². The Labute approximate surface area is 345 Å². The van der Waals surface area contributed by atoms with Crippen LogP contribution in [0.15, 0.2) is 39.8 Å². The van der Waals surface area contributed by atoms with Gasteiger partial charge < -0.3 is 19.2 Å². The lowest BCUT2D eigenvalue weighted by Crippen LogP contribution is -2.66. The minimum absolute atomic E-state index is 0.0139. The van der Waals surface area contributed by atoms with Crippen LogP contribution in [0.4, 0.5) is 6.01 Å². The van der Waals surface area contributed by atoms with E-state index in [-0.39, 0.29) is 63.7 Å². The van der Waals surface area contributed by atoms with Crippen LogP contribution in [0.25, 0.3) is 11.5 Å². The Balaban J connectivity index is 1.13. The third kappa shape index (κ3) is 6.87. The van der Waals surface area contributed by atoms with Gasteiger partial charge in [0, 0.05) is 22.4 Å². The molecule has 0 saturated heterocycles. The molecule has 0 unspecified atom stereocenters. The van der Waals surface area contributed by atoms with Crippen LogP contribution in [-0.2, 0) is 23.9 Å². The van der Waals surface area contributed by atoms with Crippen LogP contribution >= 0.6 is 11.6 Å². The summed E-state index contributed by atoms with van der Waals surface area (Å²) in [6.45, 7) is 25.7. The van der Waals surface area contributed by atoms with Gasteiger partial charge in [-0.3, -0.25) is 14.4 Å². The summed E-state index contributed by atoms with van der Waals surface area (Å²) < 4.78 is 18.2. The smallest absolute Gasteiger partial charge is 0.316 e. The summed E-state index contributed by atoms with van der Waals surface area (Å²) in [4.78, 5) is 40.6. The second kappa shape index (κ2) is 13.9. The van der Waals surface area contributed by atoms with Gasteiger partial charge in [0.15, 0.2) is 5.78 Å². The minimum Gasteiger partial charge on any atom is -0.462 e. The fourth-order valence-corrected chi connectivity index (χ4v) is 13.3. The minimum atomic E-state index is -0.980. The van der Waals surface area contributed by atoms with Crippen LogP contribution in [0.1, 0.15) is 147 Å². The van der Waals surface area contributed by atoms with E-state index in [2.05, 4.69) is 64.0 Å². The average molecular weight is 805 g/mol. The number of carbonyl (C=O) groups excluding carboxylic acids is 3. The maximum absolute atomic E-state index is 14.1. The van der Waals surface area contributed by atoms with Crippen LogP contribution in [-0.4, -0.2) is 45.2 Å². The maximum Gasteiger partial charge on any atom is 0.316 e. The van der Waals surface area contributed by atoms with Gasteiger partial charge in [0.2, 0.25) is 5.89 Å². The van der Waals surface area contributed by atoms with Gasteiger partial charge in [0.25, 0.3) is 0 Å². The standard InChI is InChI=1S/C47H66ClN3O6/c1-27(2)36-31(52)25-47(49-40-51-50-38(56-40)28-13-15-29(48)16-14-28)24-23-45(11)30(37(36)47)17-18-33-44(10)21-20-34(43(8,9)32(44)19-22-46(33,45)12)55-35(53)26-42(6,7)39(54)57-41(3,4)5/h13-16,27,30,32-34H,17-26H2,1-12H3,(H,49,51)/t30-,32+,33-,34+,44+,45-,46-,47-/m1/s1. The zero-order valence-corrected chi connectivity index (χ0v) is 37.2. The molecule has 4 saturated carbocycles. The van der Waals surface area contributed by atoms with E-state index in [0.29, 0.717) is 35.2 Å². The molecule has 1 aromatic carbocycles. The van der Waals surface area contributed by atoms with Gasteiger partial charge in [0.05, 0.1) is 17.4 Å². The molecule has 1 aromatic heterocycles. The Morgan fingerprint density at radius 3 is 2.23 bits per heavy atom. The van der Waals surface area contributed by atoms with Crippen molar-refractivity contribution in [2.75, 3.05) is 5.32 Å². The molecular weight excluding hydrogens is 738 g/mol. The van der Waals surface area contributed by atoms with Crippen molar-refractivity contribution < 1.29 is 28.3 Å². The zero-order valence-electron chi connectivity index (χ0n) is 36.5. The molecule has 1 heterocycles. The molecule has 312 valence electrons. The number of nitrogens with zero attached hydrogens (tertiary/aromatic N) is 2. The lowest BCUT2D eigenvalue weighted by Gasteiger charge is -2.72. The molecule has 2 aromatic rings. The monoisotopic (exact) mass is 803 g/mol. The lowest BCUT2D eigenvalue weighted by atomic mass is 9.33. The normalized spacial score (nSPS) is 34.9. The van der Waals surface area contributed by atoms with Crippen molar-refractivity contribution in [1.82, 2.24) is 10.2 Å². The van der Waals surface area contributed by atoms with Gasteiger partial charge in [0.1, 0.15) is 11.7 Å². The number of halogens is 1. The van der Waals surface area contributed by atoms with E-state index in [9.17, 15) is 14.4 Å². The Kier molecular flexibility index (Phi) is 10.3. The number of Topliss-reactive ketones (excluding diaryl/α,β-unsaturated/α-hetero) is 1. The van der Waals surface area contributed by atoms with Gasteiger partial charge in [-0.1, -0.05) is 65.2 Å². The quantitative estimate of drug-likeness (QED) is 0.260. The summed E-state index contributed by atoms with van der Waals surface area (Å²) in [5, 5.41) is 13.2. The van der Waals surface area contributed by atoms with E-state index in [1.54, 1.807) is 13.8 Å². The molecule has 5 aliphatic rings. The maximum atomic E-state index is 14.1. The summed E-state index contributed by atoms with van der Waals surface area (Å²) in [6, 6.07) is 7.71. The lowest BCUT2D eigenvalue weighted by molar-refractivity contribution is -0.231. The first-order valence-electron chi connectivity index (χ1n) is 21.5. The van der Waals surface area contributed by atoms with Crippen LogP contribution in [0, 0.1) is 50.7 Å². The first-order chi connectivity index (χ1) is 26.4. The first kappa shape index (κ1) is 41.9. The number of nitrogens with one attached hydrogen (secondary N) is 1. The van der Waals surface area contributed by atoms with Gasteiger partial charge in [-0.15, -0.1) is 5.10 Å². The van der Waals surface area contributed by atoms with E-state index in [1.165, 1.54) is 5.57 Å². The van der Waals surface area contributed by atoms with Crippen LogP contribution in [0.2, 0.25) is 5.02 Å². The number of anilines is 1. The molecule has 0 spiro atoms. The Morgan fingerprint density at radius 1 is 0.895 bits per heavy atom. The number of ether oxygens (including phenoxy) is 2. The number of aromatic nitrogens is 2. The van der Waals surface area contributed by atoms with E-state index in [4.69, 9.17) is 25.5 Å². The van der Waals surface area contributed by atoms with Gasteiger partial charge in [-0.05, 0) is 161 Å². The highest BCUT2D eigenvalue weighted by molar-refractivity contribution is 6.30. The molecule has 10 heteroatoms. The molecule has 1 N–H and O–H groups in total. The van der Waals surface area contributed by atoms with E-state index >= 15 is 0 Å². The van der Waals surface area contributed by atoms with Crippen molar-refractivity contribution in [3.8, 4) is 11.5 Å². The van der Waals surface area contributed by atoms with Gasteiger partial charge >= 0.3 is 18.0 Å². The highest BCUT2D eigenvalue weighted by atomic mass is 35.5. The molecule has 0 radical (unpaired) electrons. The van der Waals surface area contributed by atoms with E-state index in [0.717, 1.165) is 62.5 Å². The molecule has 0 amide bonds. The SMILES string of the molecule is CC(C)C1=C2[C@H]3CC[C@@H]4[C@@]5(C)CC[C@H](OC(=O)CC(C)(C)C(=O)OC(C)(C)C)C(C)(C)[C@@H]5CC[C@@]4(C)[C@]3(C)CC[C@@]2(Nc2nnc(-c3ccc(Cl)cc3)o2)CC1=O. The van der Waals surface area contributed by atoms with Crippen molar-refractivity contribution in [2.24, 2.45) is 50.7 Å². The van der Waals surface area contributed by atoms with Gasteiger partial charge in [-0.25, -0.2) is 0 Å². The number of rotatable bonds is 8. The molecule has 0 bridgehead atoms. The summed E-state index contributed by atoms with van der Waals surface area (Å²) in [5.41, 5.74) is 0.790. The predicted molar refractivity (Wildman–Crippen MR) is 222 cm³/mol. The van der Waals surface area contributed by atoms with Crippen molar-refractivity contribution in [2.45, 2.75) is 165 Å². The second-order valence-electron chi connectivity index (χ2n) is 21.7. The number of fused-ring (bicyclic) bond motifs is 7. The Morgan fingerprint density at radius 2 is 1.58 bits per heavy atom. The summed E-state index contributed by atoms with van der Waals surface area (Å²) >= 11 is 6.14. The number of hydrogen-bond acceptors (Lipinski definition) is 9. The molecule has 5 aliphatic carbocycles. The van der Waals surface area contributed by atoms with E-state index in [1.807, 2.05) is 45.0 Å². The number of benzene rings is 1. The fourth-order valence-electron chi connectivity index (χ4n) is 13.2. The number of carbonyl (C=O) groups is 3. The number of ketones is 1. The molecule has 57 heavy (non-hydrogen) atoms. The largest absolute Gasteiger partial charge is 0.462 e. The Bertz CT molecular complexity index is 1960. The molecule has 9 nitrogen and oxygen atoms in total. The highest BCUT2D eigenvalue weighted by Crippen LogP contribution is 2.76. The fraction of sp³-hybridized carbons (Fsp3) is 0.723. The number of hydrogen-bond donors (Lipinski definition) is 1. The first-order valence-corrected chi connectivity index (χ1v) is 21.8. The summed E-state index contributed by atoms with van der Waals surface area (Å²) in [6.07, 6.45) is 8.06. The second-order valence-corrected chi connectivity index (χ2v) is 22.2. The number of esters is 2. The van der Waals surface area contributed by atoms with Crippen molar-refractivity contribution in [1.29, 1.82) is 0 Å². The molecular formula is C47H66ClN3O6. The molecule has 8 atom stereocenters. The third-order valence-electron chi connectivity index (χ3n) is 16.0. The molecule has 0 aliphatic heterocycles. The summed E-state index contributed by atoms with van der Waals surface area (Å²) in [7, 11) is 0. The van der Waals surface area contributed by atoms with Gasteiger partial charge in [-0.2, -0.15) is 0 Å². The van der Waals surface area contributed by atoms with Crippen LogP contribution < -0.4 is 5.32 Å². The third-order valence-corrected chi connectivity index (χ3v) is 16.3. The summed E-state index contributed by atoms with van der Waals surface area (Å²) in [5.74, 6) is 1.17. The van der Waals surface area contributed by atoms with Crippen molar-refractivity contribution in [3.63, 3.8) is 0 Å². The Hall–Kier alpha value is -3.20. The van der Waals surface area contributed by atoms with Crippen molar-refractivity contribution >= 4 is 35.3 Å². The van der Waals surface area contributed by atoms with E-state index < -0.39 is 16.6 Å². The average Bonchev–Trinajstić information content (AvgIpc) is 3.67. The molecule has 7 rings (SSSR count). The topological polar surface area (TPSA) is 121 Å². The number of allylic oxidation sites excluding steroid dienone is 1. The predicted octanol–water partition coefficient (Wildman–Crippen LogP) is 11.2. The van der Waals surface area contributed by atoms with Crippen LogP contribution in [0.3, 0.4) is 0 Å². The highest BCUT2D eigenvalue weighted by Gasteiger charge is 2.70.